The molecule has 0 unspecified atom stereocenters. The molecule has 0 aliphatic carbocycles. The van der Waals surface area contributed by atoms with E-state index in [0.717, 1.165) is 5.56 Å². The summed E-state index contributed by atoms with van der Waals surface area (Å²) in [6, 6.07) is 10.9. The molecule has 0 aromatic heterocycles. The smallest absolute Gasteiger partial charge is 0.223 e. The first-order valence-corrected chi connectivity index (χ1v) is 7.21. The third-order valence-corrected chi connectivity index (χ3v) is 3.40. The average Bonchev–Trinajstić information content (AvgIpc) is 2.45. The molecule has 0 bridgehead atoms. The van der Waals surface area contributed by atoms with Gasteiger partial charge in [-0.3, -0.25) is 0 Å². The SMILES string of the molecule is Cc1ccc(Oc2ccc(N=C(N)N=C(N)N)cc2Cl)cc1C. The molecule has 2 aromatic carbocycles. The summed E-state index contributed by atoms with van der Waals surface area (Å²) in [5, 5.41) is 0.405. The fourth-order valence-electron chi connectivity index (χ4n) is 1.84. The van der Waals surface area contributed by atoms with E-state index in [1.807, 2.05) is 32.0 Å². The number of aliphatic imine (C=N–C) groups is 2. The normalized spacial score (nSPS) is 11.2. The summed E-state index contributed by atoms with van der Waals surface area (Å²) < 4.78 is 5.79. The van der Waals surface area contributed by atoms with E-state index in [4.69, 9.17) is 33.5 Å². The standard InChI is InChI=1S/C16H18ClN5O/c1-9-3-5-12(7-10(9)2)23-14-6-4-11(8-13(14)17)21-16(20)22-15(18)19/h3-8H,1-2H3,(H6,18,19,20,21,22). The molecular formula is C16H18ClN5O. The van der Waals surface area contributed by atoms with E-state index in [0.29, 0.717) is 22.2 Å². The van der Waals surface area contributed by atoms with Crippen LogP contribution in [-0.2, 0) is 0 Å². The zero-order valence-corrected chi connectivity index (χ0v) is 13.6. The van der Waals surface area contributed by atoms with Crippen molar-refractivity contribution in [3.8, 4) is 11.5 Å². The predicted octanol–water partition coefficient (Wildman–Crippen LogP) is 2.97. The quantitative estimate of drug-likeness (QED) is 0.592. The minimum atomic E-state index is -0.160. The fourth-order valence-corrected chi connectivity index (χ4v) is 2.05. The summed E-state index contributed by atoms with van der Waals surface area (Å²) in [7, 11) is 0. The number of ether oxygens (including phenoxy) is 1. The third kappa shape index (κ3) is 4.62. The molecule has 0 saturated heterocycles. The largest absolute Gasteiger partial charge is 0.456 e. The molecule has 2 rings (SSSR count). The van der Waals surface area contributed by atoms with Gasteiger partial charge in [0.25, 0.3) is 0 Å². The number of aryl methyl sites for hydroxylation is 2. The number of guanidine groups is 2. The van der Waals surface area contributed by atoms with Gasteiger partial charge in [-0.1, -0.05) is 17.7 Å². The number of rotatable bonds is 3. The number of nitrogens with two attached hydrogens (primary N) is 3. The van der Waals surface area contributed by atoms with Gasteiger partial charge in [0, 0.05) is 0 Å². The summed E-state index contributed by atoms with van der Waals surface area (Å²) in [6.45, 7) is 4.06. The molecule has 0 saturated carbocycles. The lowest BCUT2D eigenvalue weighted by Crippen LogP contribution is -2.26. The molecule has 0 aliphatic heterocycles. The zero-order valence-electron chi connectivity index (χ0n) is 12.9. The Morgan fingerprint density at radius 1 is 1.00 bits per heavy atom. The minimum absolute atomic E-state index is 0.0519. The highest BCUT2D eigenvalue weighted by atomic mass is 35.5. The molecular weight excluding hydrogens is 314 g/mol. The Kier molecular flexibility index (Phi) is 5.08. The van der Waals surface area contributed by atoms with Crippen molar-refractivity contribution in [3.05, 3.63) is 52.5 Å². The highest BCUT2D eigenvalue weighted by molar-refractivity contribution is 6.32. The van der Waals surface area contributed by atoms with Crippen LogP contribution in [0.15, 0.2) is 46.4 Å². The van der Waals surface area contributed by atoms with E-state index in [1.165, 1.54) is 5.56 Å². The molecule has 0 spiro atoms. The molecule has 0 fully saturated rings. The van der Waals surface area contributed by atoms with Crippen LogP contribution in [0.3, 0.4) is 0 Å². The van der Waals surface area contributed by atoms with Crippen molar-refractivity contribution >= 4 is 29.2 Å². The number of halogens is 1. The summed E-state index contributed by atoms with van der Waals surface area (Å²) in [6.07, 6.45) is 0. The Balaban J connectivity index is 2.22. The fraction of sp³-hybridized carbons (Fsp3) is 0.125. The van der Waals surface area contributed by atoms with E-state index in [1.54, 1.807) is 18.2 Å². The van der Waals surface area contributed by atoms with Gasteiger partial charge < -0.3 is 21.9 Å². The monoisotopic (exact) mass is 331 g/mol. The number of hydrogen-bond acceptors (Lipinski definition) is 2. The van der Waals surface area contributed by atoms with Crippen LogP contribution >= 0.6 is 11.6 Å². The van der Waals surface area contributed by atoms with E-state index < -0.39 is 0 Å². The molecule has 0 heterocycles. The van der Waals surface area contributed by atoms with Gasteiger partial charge in [-0.2, -0.15) is 4.99 Å². The minimum Gasteiger partial charge on any atom is -0.456 e. The summed E-state index contributed by atoms with van der Waals surface area (Å²) in [5.41, 5.74) is 18.9. The Hall–Kier alpha value is -2.73. The molecule has 0 amide bonds. The molecule has 0 atom stereocenters. The highest BCUT2D eigenvalue weighted by Crippen LogP contribution is 2.33. The summed E-state index contributed by atoms with van der Waals surface area (Å²) in [5.74, 6) is 1.02. The first-order valence-electron chi connectivity index (χ1n) is 6.83. The van der Waals surface area contributed by atoms with Gasteiger partial charge in [0.2, 0.25) is 5.96 Å². The molecule has 23 heavy (non-hydrogen) atoms. The Morgan fingerprint density at radius 3 is 2.35 bits per heavy atom. The van der Waals surface area contributed by atoms with Crippen LogP contribution in [0.25, 0.3) is 0 Å². The molecule has 0 radical (unpaired) electrons. The van der Waals surface area contributed by atoms with Crippen molar-refractivity contribution in [2.75, 3.05) is 0 Å². The van der Waals surface area contributed by atoms with Crippen LogP contribution in [-0.4, -0.2) is 11.9 Å². The first-order chi connectivity index (χ1) is 10.8. The lowest BCUT2D eigenvalue weighted by Gasteiger charge is -2.10. The topological polar surface area (TPSA) is 112 Å². The maximum atomic E-state index is 6.22. The van der Waals surface area contributed by atoms with Crippen LogP contribution in [0.4, 0.5) is 5.69 Å². The van der Waals surface area contributed by atoms with Crippen LogP contribution < -0.4 is 21.9 Å². The Labute approximate surface area is 139 Å². The van der Waals surface area contributed by atoms with Gasteiger partial charge in [0.1, 0.15) is 11.5 Å². The molecule has 2 aromatic rings. The van der Waals surface area contributed by atoms with Gasteiger partial charge in [-0.25, -0.2) is 4.99 Å². The van der Waals surface area contributed by atoms with Crippen molar-refractivity contribution in [2.45, 2.75) is 13.8 Å². The lowest BCUT2D eigenvalue weighted by molar-refractivity contribution is 0.482. The van der Waals surface area contributed by atoms with Crippen molar-refractivity contribution in [1.82, 2.24) is 0 Å². The summed E-state index contributed by atoms with van der Waals surface area (Å²) >= 11 is 6.22. The van der Waals surface area contributed by atoms with Crippen molar-refractivity contribution in [1.29, 1.82) is 0 Å². The van der Waals surface area contributed by atoms with Gasteiger partial charge in [-0.15, -0.1) is 0 Å². The predicted molar refractivity (Wildman–Crippen MR) is 94.5 cm³/mol. The van der Waals surface area contributed by atoms with Crippen molar-refractivity contribution < 1.29 is 4.74 Å². The molecule has 0 aliphatic rings. The number of nitrogens with zero attached hydrogens (tertiary/aromatic N) is 2. The van der Waals surface area contributed by atoms with Crippen molar-refractivity contribution in [3.63, 3.8) is 0 Å². The van der Waals surface area contributed by atoms with E-state index in [9.17, 15) is 0 Å². The number of benzene rings is 2. The third-order valence-electron chi connectivity index (χ3n) is 3.11. The van der Waals surface area contributed by atoms with Gasteiger partial charge in [0.05, 0.1) is 10.7 Å². The molecule has 120 valence electrons. The maximum Gasteiger partial charge on any atom is 0.223 e. The molecule has 7 heteroatoms. The average molecular weight is 332 g/mol. The number of hydrogen-bond donors (Lipinski definition) is 3. The molecule has 6 nitrogen and oxygen atoms in total. The van der Waals surface area contributed by atoms with Crippen LogP contribution in [0.1, 0.15) is 11.1 Å². The van der Waals surface area contributed by atoms with E-state index in [2.05, 4.69) is 9.98 Å². The zero-order chi connectivity index (χ0) is 17.0. The lowest BCUT2D eigenvalue weighted by atomic mass is 10.1. The van der Waals surface area contributed by atoms with Gasteiger partial charge in [-0.05, 0) is 55.3 Å². The highest BCUT2D eigenvalue weighted by Gasteiger charge is 2.06. The Bertz CT molecular complexity index is 782. The maximum absolute atomic E-state index is 6.22. The van der Waals surface area contributed by atoms with Crippen LogP contribution in [0.5, 0.6) is 11.5 Å². The first kappa shape index (κ1) is 16.6. The second-order valence-electron chi connectivity index (χ2n) is 4.97. The van der Waals surface area contributed by atoms with Crippen LogP contribution in [0.2, 0.25) is 5.02 Å². The van der Waals surface area contributed by atoms with Crippen LogP contribution in [0, 0.1) is 13.8 Å². The second kappa shape index (κ2) is 7.02. The second-order valence-corrected chi connectivity index (χ2v) is 5.38. The van der Waals surface area contributed by atoms with Gasteiger partial charge >= 0.3 is 0 Å². The summed E-state index contributed by atoms with van der Waals surface area (Å²) in [4.78, 5) is 7.68. The Morgan fingerprint density at radius 2 is 1.74 bits per heavy atom. The van der Waals surface area contributed by atoms with E-state index in [-0.39, 0.29) is 11.9 Å². The van der Waals surface area contributed by atoms with E-state index >= 15 is 0 Å². The van der Waals surface area contributed by atoms with Gasteiger partial charge in [0.15, 0.2) is 5.96 Å². The molecule has 6 N–H and O–H groups in total. The van der Waals surface area contributed by atoms with Crippen molar-refractivity contribution in [2.24, 2.45) is 27.2 Å².